The Morgan fingerprint density at radius 1 is 1.00 bits per heavy atom. The number of halogens is 1. The molecule has 1 aliphatic carbocycles. The van der Waals surface area contributed by atoms with Crippen molar-refractivity contribution in [1.82, 2.24) is 4.72 Å². The molecule has 0 radical (unpaired) electrons. The summed E-state index contributed by atoms with van der Waals surface area (Å²) in [5.41, 5.74) is 1.97. The van der Waals surface area contributed by atoms with E-state index in [2.05, 4.69) is 20.7 Å². The van der Waals surface area contributed by atoms with Crippen LogP contribution in [0.25, 0.3) is 10.8 Å². The van der Waals surface area contributed by atoms with Gasteiger partial charge in [0.2, 0.25) is 5.91 Å². The summed E-state index contributed by atoms with van der Waals surface area (Å²) in [4.78, 5) is 12.9. The van der Waals surface area contributed by atoms with E-state index in [0.717, 1.165) is 27.4 Å². The highest BCUT2D eigenvalue weighted by molar-refractivity contribution is 9.10. The molecule has 4 rings (SSSR count). The van der Waals surface area contributed by atoms with Gasteiger partial charge >= 0.3 is 0 Å². The Labute approximate surface area is 160 Å². The van der Waals surface area contributed by atoms with Crippen LogP contribution in [0.4, 0.5) is 0 Å². The Morgan fingerprint density at radius 3 is 2.58 bits per heavy atom. The Bertz CT molecular complexity index is 1120. The van der Waals surface area contributed by atoms with E-state index in [1.165, 1.54) is 6.07 Å². The van der Waals surface area contributed by atoms with Gasteiger partial charge in [0.15, 0.2) is 0 Å². The summed E-state index contributed by atoms with van der Waals surface area (Å²) >= 11 is 3.50. The Morgan fingerprint density at radius 2 is 1.73 bits per heavy atom. The molecule has 1 atom stereocenters. The monoisotopic (exact) mass is 429 g/mol. The van der Waals surface area contributed by atoms with Gasteiger partial charge < -0.3 is 0 Å². The van der Waals surface area contributed by atoms with E-state index in [9.17, 15) is 13.2 Å². The second-order valence-corrected chi connectivity index (χ2v) is 8.85. The third kappa shape index (κ3) is 2.93. The summed E-state index contributed by atoms with van der Waals surface area (Å²) < 4.78 is 28.9. The normalized spacial score (nSPS) is 16.4. The van der Waals surface area contributed by atoms with E-state index in [0.29, 0.717) is 11.8 Å². The van der Waals surface area contributed by atoms with Gasteiger partial charge in [0, 0.05) is 9.86 Å². The van der Waals surface area contributed by atoms with Crippen molar-refractivity contribution in [2.75, 3.05) is 0 Å². The smallest absolute Gasteiger partial charge is 0.264 e. The van der Waals surface area contributed by atoms with E-state index >= 15 is 0 Å². The number of rotatable bonds is 3. The average molecular weight is 430 g/mol. The van der Waals surface area contributed by atoms with Crippen LogP contribution >= 0.6 is 15.9 Å². The van der Waals surface area contributed by atoms with Crippen LogP contribution < -0.4 is 4.72 Å². The molecular weight excluding hydrogens is 414 g/mol. The molecule has 4 nitrogen and oxygen atoms in total. The van der Waals surface area contributed by atoms with Gasteiger partial charge in [-0.2, -0.15) is 0 Å². The first-order chi connectivity index (χ1) is 12.5. The first-order valence-electron chi connectivity index (χ1n) is 8.29. The molecule has 0 heterocycles. The van der Waals surface area contributed by atoms with Gasteiger partial charge in [-0.1, -0.05) is 64.5 Å². The van der Waals surface area contributed by atoms with Crippen LogP contribution in [-0.4, -0.2) is 14.3 Å². The van der Waals surface area contributed by atoms with E-state index in [-0.39, 0.29) is 4.90 Å². The molecule has 0 bridgehead atoms. The van der Waals surface area contributed by atoms with E-state index in [4.69, 9.17) is 0 Å². The third-order valence-corrected chi connectivity index (χ3v) is 6.95. The van der Waals surface area contributed by atoms with Crippen molar-refractivity contribution in [3.8, 4) is 0 Å². The van der Waals surface area contributed by atoms with Crippen LogP contribution in [-0.2, 0) is 21.2 Å². The minimum Gasteiger partial charge on any atom is -0.273 e. The molecule has 3 aromatic rings. The molecule has 26 heavy (non-hydrogen) atoms. The zero-order valence-electron chi connectivity index (χ0n) is 13.8. The number of sulfonamides is 1. The SMILES string of the molecule is O=C(NS(=O)(=O)c1cccc2ccccc12)C1CCc2c(Br)cccc21. The first-order valence-corrected chi connectivity index (χ1v) is 10.6. The van der Waals surface area contributed by atoms with E-state index in [1.54, 1.807) is 18.2 Å². The number of nitrogens with one attached hydrogen (secondary N) is 1. The Kier molecular flexibility index (Phi) is 4.32. The van der Waals surface area contributed by atoms with Crippen molar-refractivity contribution in [3.63, 3.8) is 0 Å². The molecule has 0 saturated carbocycles. The fourth-order valence-corrected chi connectivity index (χ4v) is 5.40. The molecule has 0 fully saturated rings. The summed E-state index contributed by atoms with van der Waals surface area (Å²) in [5.74, 6) is -0.929. The molecule has 3 aromatic carbocycles. The lowest BCUT2D eigenvalue weighted by Gasteiger charge is -2.14. The number of benzene rings is 3. The Balaban J connectivity index is 1.67. The molecule has 1 aliphatic rings. The fraction of sp³-hybridized carbons (Fsp3) is 0.150. The fourth-order valence-electron chi connectivity index (χ4n) is 3.57. The van der Waals surface area contributed by atoms with Crippen molar-refractivity contribution in [2.45, 2.75) is 23.7 Å². The minimum absolute atomic E-state index is 0.122. The third-order valence-electron chi connectivity index (χ3n) is 4.80. The maximum Gasteiger partial charge on any atom is 0.264 e. The van der Waals surface area contributed by atoms with Gasteiger partial charge in [-0.25, -0.2) is 13.1 Å². The molecule has 132 valence electrons. The Hall–Kier alpha value is -2.18. The summed E-state index contributed by atoms with van der Waals surface area (Å²) in [5, 5.41) is 1.42. The minimum atomic E-state index is -3.95. The van der Waals surface area contributed by atoms with Gasteiger partial charge in [0.05, 0.1) is 10.8 Å². The van der Waals surface area contributed by atoms with Gasteiger partial charge in [-0.05, 0) is 41.5 Å². The van der Waals surface area contributed by atoms with Gasteiger partial charge in [-0.3, -0.25) is 4.79 Å². The van der Waals surface area contributed by atoms with Crippen molar-refractivity contribution in [1.29, 1.82) is 0 Å². The van der Waals surface area contributed by atoms with Gasteiger partial charge in [0.1, 0.15) is 0 Å². The lowest BCUT2D eigenvalue weighted by Crippen LogP contribution is -2.34. The lowest BCUT2D eigenvalue weighted by molar-refractivity contribution is -0.120. The molecule has 1 unspecified atom stereocenters. The van der Waals surface area contributed by atoms with Crippen molar-refractivity contribution in [3.05, 3.63) is 76.3 Å². The standard InChI is InChI=1S/C20H16BrNO3S/c21-18-9-4-8-15-16(18)11-12-17(15)20(23)22-26(24,25)19-10-3-6-13-5-1-2-7-14(13)19/h1-10,17H,11-12H2,(H,22,23). The highest BCUT2D eigenvalue weighted by Crippen LogP contribution is 2.37. The zero-order valence-corrected chi connectivity index (χ0v) is 16.2. The molecule has 1 amide bonds. The molecule has 0 aromatic heterocycles. The van der Waals surface area contributed by atoms with Gasteiger partial charge in [-0.15, -0.1) is 0 Å². The molecule has 0 aliphatic heterocycles. The molecule has 1 N–H and O–H groups in total. The van der Waals surface area contributed by atoms with Gasteiger partial charge in [0.25, 0.3) is 10.0 Å². The molecule has 6 heteroatoms. The van der Waals surface area contributed by atoms with E-state index < -0.39 is 21.8 Å². The van der Waals surface area contributed by atoms with E-state index in [1.807, 2.05) is 36.4 Å². The highest BCUT2D eigenvalue weighted by atomic mass is 79.9. The predicted octanol–water partition coefficient (Wildman–Crippen LogP) is 4.14. The lowest BCUT2D eigenvalue weighted by atomic mass is 10.0. The molecule has 0 saturated heterocycles. The summed E-state index contributed by atoms with van der Waals surface area (Å²) in [6, 6.07) is 18.0. The van der Waals surface area contributed by atoms with Crippen LogP contribution in [0.2, 0.25) is 0 Å². The maximum absolute atomic E-state index is 12.9. The highest BCUT2D eigenvalue weighted by Gasteiger charge is 2.32. The summed E-state index contributed by atoms with van der Waals surface area (Å²) in [7, 11) is -3.95. The molecular formula is C20H16BrNO3S. The topological polar surface area (TPSA) is 63.2 Å². The first kappa shape index (κ1) is 17.2. The van der Waals surface area contributed by atoms with Crippen LogP contribution in [0, 0.1) is 0 Å². The zero-order chi connectivity index (χ0) is 18.3. The summed E-state index contributed by atoms with van der Waals surface area (Å²) in [6.45, 7) is 0. The van der Waals surface area contributed by atoms with Crippen molar-refractivity contribution >= 4 is 42.6 Å². The van der Waals surface area contributed by atoms with Crippen LogP contribution in [0.1, 0.15) is 23.5 Å². The van der Waals surface area contributed by atoms with Crippen molar-refractivity contribution in [2.24, 2.45) is 0 Å². The van der Waals surface area contributed by atoms with Crippen molar-refractivity contribution < 1.29 is 13.2 Å². The number of amides is 1. The predicted molar refractivity (Wildman–Crippen MR) is 104 cm³/mol. The van der Waals surface area contributed by atoms with Crippen LogP contribution in [0.3, 0.4) is 0 Å². The number of carbonyl (C=O) groups is 1. The average Bonchev–Trinajstić information content (AvgIpc) is 3.06. The number of carbonyl (C=O) groups excluding carboxylic acids is 1. The number of fused-ring (bicyclic) bond motifs is 2. The van der Waals surface area contributed by atoms with Crippen LogP contribution in [0.5, 0.6) is 0 Å². The number of hydrogen-bond donors (Lipinski definition) is 1. The largest absolute Gasteiger partial charge is 0.273 e. The summed E-state index contributed by atoms with van der Waals surface area (Å²) in [6.07, 6.45) is 1.36. The van der Waals surface area contributed by atoms with Crippen LogP contribution in [0.15, 0.2) is 70.0 Å². The second kappa shape index (κ2) is 6.52. The number of hydrogen-bond acceptors (Lipinski definition) is 3. The second-order valence-electron chi connectivity index (χ2n) is 6.35. The maximum atomic E-state index is 12.9. The quantitative estimate of drug-likeness (QED) is 0.680. The molecule has 0 spiro atoms.